The minimum absolute atomic E-state index is 0.114. The van der Waals surface area contributed by atoms with Gasteiger partial charge in [0.2, 0.25) is 5.91 Å². The van der Waals surface area contributed by atoms with E-state index in [0.717, 1.165) is 50.8 Å². The molecule has 0 saturated carbocycles. The second-order valence-corrected chi connectivity index (χ2v) is 6.33. The Kier molecular flexibility index (Phi) is 3.98. The highest BCUT2D eigenvalue weighted by Gasteiger charge is 2.58. The summed E-state index contributed by atoms with van der Waals surface area (Å²) >= 11 is 0. The van der Waals surface area contributed by atoms with Gasteiger partial charge in [0.25, 0.3) is 5.91 Å². The van der Waals surface area contributed by atoms with Crippen LogP contribution in [-0.2, 0) is 9.59 Å². The SMILES string of the molecule is CCCCC1=CC=CC2(N3CCCCC3)C(=O)NC(=O)C12. The second kappa shape index (κ2) is 5.76. The summed E-state index contributed by atoms with van der Waals surface area (Å²) in [6, 6.07) is 0. The number of piperidine rings is 1. The molecule has 2 aliphatic heterocycles. The van der Waals surface area contributed by atoms with E-state index in [1.807, 2.05) is 18.2 Å². The number of amides is 2. The van der Waals surface area contributed by atoms with Crippen LogP contribution in [0.1, 0.15) is 45.4 Å². The molecule has 2 unspecified atom stereocenters. The zero-order chi connectivity index (χ0) is 14.9. The van der Waals surface area contributed by atoms with Gasteiger partial charge in [-0.15, -0.1) is 0 Å². The Morgan fingerprint density at radius 2 is 2.05 bits per heavy atom. The van der Waals surface area contributed by atoms with Gasteiger partial charge in [-0.05, 0) is 38.8 Å². The first-order chi connectivity index (χ1) is 10.2. The molecule has 2 heterocycles. The number of nitrogens with zero attached hydrogens (tertiary/aromatic N) is 1. The van der Waals surface area contributed by atoms with Crippen molar-refractivity contribution in [3.05, 3.63) is 23.8 Å². The highest BCUT2D eigenvalue weighted by Crippen LogP contribution is 2.42. The van der Waals surface area contributed by atoms with Gasteiger partial charge < -0.3 is 0 Å². The number of unbranched alkanes of at least 4 members (excludes halogenated alkanes) is 1. The number of carbonyl (C=O) groups is 2. The van der Waals surface area contributed by atoms with Crippen molar-refractivity contribution in [3.8, 4) is 0 Å². The number of carbonyl (C=O) groups excluding carboxylic acids is 2. The van der Waals surface area contributed by atoms with Crippen molar-refractivity contribution in [1.82, 2.24) is 10.2 Å². The van der Waals surface area contributed by atoms with E-state index in [2.05, 4.69) is 17.1 Å². The molecule has 2 fully saturated rings. The van der Waals surface area contributed by atoms with Crippen molar-refractivity contribution in [2.75, 3.05) is 13.1 Å². The first-order valence-corrected chi connectivity index (χ1v) is 8.19. The Balaban J connectivity index is 1.95. The van der Waals surface area contributed by atoms with Crippen LogP contribution in [0.2, 0.25) is 0 Å². The largest absolute Gasteiger partial charge is 0.294 e. The molecule has 114 valence electrons. The molecular formula is C17H24N2O2. The summed E-state index contributed by atoms with van der Waals surface area (Å²) in [4.78, 5) is 27.2. The van der Waals surface area contributed by atoms with Crippen molar-refractivity contribution < 1.29 is 9.59 Å². The molecule has 0 aromatic rings. The lowest BCUT2D eigenvalue weighted by Gasteiger charge is -2.44. The van der Waals surface area contributed by atoms with Gasteiger partial charge in [-0.25, -0.2) is 0 Å². The number of allylic oxidation sites excluding steroid dienone is 2. The monoisotopic (exact) mass is 288 g/mol. The van der Waals surface area contributed by atoms with Crippen LogP contribution in [0.3, 0.4) is 0 Å². The fraction of sp³-hybridized carbons (Fsp3) is 0.647. The minimum atomic E-state index is -0.755. The van der Waals surface area contributed by atoms with E-state index in [9.17, 15) is 9.59 Å². The lowest BCUT2D eigenvalue weighted by Crippen LogP contribution is -2.58. The summed E-state index contributed by atoms with van der Waals surface area (Å²) in [6.07, 6.45) is 12.5. The Labute approximate surface area is 126 Å². The molecule has 2 saturated heterocycles. The summed E-state index contributed by atoms with van der Waals surface area (Å²) in [5.74, 6) is -0.560. The normalized spacial score (nSPS) is 32.8. The Morgan fingerprint density at radius 3 is 2.76 bits per heavy atom. The van der Waals surface area contributed by atoms with Crippen molar-refractivity contribution >= 4 is 11.8 Å². The first-order valence-electron chi connectivity index (χ1n) is 8.19. The van der Waals surface area contributed by atoms with Crippen LogP contribution in [0.25, 0.3) is 0 Å². The van der Waals surface area contributed by atoms with E-state index < -0.39 is 5.54 Å². The average molecular weight is 288 g/mol. The van der Waals surface area contributed by atoms with Gasteiger partial charge in [0.05, 0.1) is 5.92 Å². The molecule has 1 N–H and O–H groups in total. The third-order valence-corrected chi connectivity index (χ3v) is 5.03. The zero-order valence-electron chi connectivity index (χ0n) is 12.7. The highest BCUT2D eigenvalue weighted by atomic mass is 16.2. The highest BCUT2D eigenvalue weighted by molar-refractivity contribution is 6.12. The molecule has 21 heavy (non-hydrogen) atoms. The molecule has 4 heteroatoms. The molecule has 3 rings (SSSR count). The van der Waals surface area contributed by atoms with Gasteiger partial charge in [-0.3, -0.25) is 19.8 Å². The third kappa shape index (κ3) is 2.26. The van der Waals surface area contributed by atoms with Crippen molar-refractivity contribution in [3.63, 3.8) is 0 Å². The van der Waals surface area contributed by atoms with Crippen LogP contribution in [0.15, 0.2) is 23.8 Å². The van der Waals surface area contributed by atoms with Crippen LogP contribution in [0, 0.1) is 5.92 Å². The molecule has 0 bridgehead atoms. The van der Waals surface area contributed by atoms with Crippen LogP contribution >= 0.6 is 0 Å². The number of fused-ring (bicyclic) bond motifs is 1. The van der Waals surface area contributed by atoms with Crippen molar-refractivity contribution in [2.24, 2.45) is 5.92 Å². The maximum absolute atomic E-state index is 12.6. The van der Waals surface area contributed by atoms with Gasteiger partial charge >= 0.3 is 0 Å². The van der Waals surface area contributed by atoms with Gasteiger partial charge in [0, 0.05) is 0 Å². The molecule has 2 amide bonds. The zero-order valence-corrected chi connectivity index (χ0v) is 12.7. The van der Waals surface area contributed by atoms with E-state index in [1.54, 1.807) is 0 Å². The van der Waals surface area contributed by atoms with Gasteiger partial charge in [-0.1, -0.05) is 43.6 Å². The average Bonchev–Trinajstić information content (AvgIpc) is 2.79. The lowest BCUT2D eigenvalue weighted by molar-refractivity contribution is -0.129. The molecular weight excluding hydrogens is 264 g/mol. The number of rotatable bonds is 4. The van der Waals surface area contributed by atoms with E-state index in [0.29, 0.717) is 0 Å². The minimum Gasteiger partial charge on any atom is -0.294 e. The maximum Gasteiger partial charge on any atom is 0.252 e. The summed E-state index contributed by atoms with van der Waals surface area (Å²) in [7, 11) is 0. The smallest absolute Gasteiger partial charge is 0.252 e. The molecule has 0 radical (unpaired) electrons. The predicted octanol–water partition coefficient (Wildman–Crippen LogP) is 2.17. The van der Waals surface area contributed by atoms with E-state index >= 15 is 0 Å². The molecule has 0 spiro atoms. The van der Waals surface area contributed by atoms with Gasteiger partial charge in [0.1, 0.15) is 5.54 Å². The van der Waals surface area contributed by atoms with Gasteiger partial charge in [-0.2, -0.15) is 0 Å². The fourth-order valence-electron chi connectivity index (χ4n) is 3.96. The molecule has 3 aliphatic rings. The fourth-order valence-corrected chi connectivity index (χ4v) is 3.96. The lowest BCUT2D eigenvalue weighted by atomic mass is 9.74. The molecule has 4 nitrogen and oxygen atoms in total. The Hall–Kier alpha value is -1.42. The molecule has 0 aromatic heterocycles. The molecule has 1 aliphatic carbocycles. The van der Waals surface area contributed by atoms with E-state index in [-0.39, 0.29) is 17.7 Å². The van der Waals surface area contributed by atoms with E-state index in [4.69, 9.17) is 0 Å². The van der Waals surface area contributed by atoms with Crippen LogP contribution in [-0.4, -0.2) is 35.3 Å². The topological polar surface area (TPSA) is 49.4 Å². The summed E-state index contributed by atoms with van der Waals surface area (Å²) in [6.45, 7) is 3.96. The number of hydrogen-bond donors (Lipinski definition) is 1. The standard InChI is InChI=1S/C17H24N2O2/c1-2-3-8-13-9-7-10-17(19-11-5-4-6-12-19)14(13)15(20)18-16(17)21/h7,9-10,14H,2-6,8,11-12H2,1H3,(H,18,20,21). The maximum atomic E-state index is 12.6. The Morgan fingerprint density at radius 1 is 1.29 bits per heavy atom. The molecule has 2 atom stereocenters. The summed E-state index contributed by atoms with van der Waals surface area (Å²) in [5.41, 5.74) is 0.364. The Bertz CT molecular complexity index is 503. The van der Waals surface area contributed by atoms with Crippen LogP contribution < -0.4 is 5.32 Å². The number of hydrogen-bond acceptors (Lipinski definition) is 3. The van der Waals surface area contributed by atoms with Crippen molar-refractivity contribution in [2.45, 2.75) is 51.0 Å². The van der Waals surface area contributed by atoms with Crippen LogP contribution in [0.5, 0.6) is 0 Å². The number of nitrogens with one attached hydrogen (secondary N) is 1. The summed E-state index contributed by atoms with van der Waals surface area (Å²) < 4.78 is 0. The second-order valence-electron chi connectivity index (χ2n) is 6.33. The number of imide groups is 1. The van der Waals surface area contributed by atoms with E-state index in [1.165, 1.54) is 6.42 Å². The van der Waals surface area contributed by atoms with Crippen LogP contribution in [0.4, 0.5) is 0 Å². The first kappa shape index (κ1) is 14.5. The van der Waals surface area contributed by atoms with Crippen molar-refractivity contribution in [1.29, 1.82) is 0 Å². The third-order valence-electron chi connectivity index (χ3n) is 5.03. The molecule has 0 aromatic carbocycles. The summed E-state index contributed by atoms with van der Waals surface area (Å²) in [5, 5.41) is 2.59. The quantitative estimate of drug-likeness (QED) is 0.807. The van der Waals surface area contributed by atoms with Gasteiger partial charge in [0.15, 0.2) is 0 Å². The number of likely N-dealkylation sites (tertiary alicyclic amines) is 1. The predicted molar refractivity (Wildman–Crippen MR) is 81.5 cm³/mol.